The first kappa shape index (κ1) is 20.1. The van der Waals surface area contributed by atoms with Crippen molar-refractivity contribution in [1.29, 1.82) is 0 Å². The van der Waals surface area contributed by atoms with Gasteiger partial charge in [0.15, 0.2) is 6.10 Å². The van der Waals surface area contributed by atoms with Crippen LogP contribution in [-0.4, -0.2) is 59.8 Å². The van der Waals surface area contributed by atoms with Gasteiger partial charge in [-0.25, -0.2) is 4.79 Å². The van der Waals surface area contributed by atoms with Gasteiger partial charge in [0.1, 0.15) is 5.60 Å². The summed E-state index contributed by atoms with van der Waals surface area (Å²) in [5.74, 6) is -2.55. The molecule has 1 saturated carbocycles. The third kappa shape index (κ3) is 4.12. The SMILES string of the molecule is COC(=O)[C@H]1[C@H](NC(=O)OC(C)(C)C)[C@@H]1[C@H](O)C(C)(OC)[N+](=O)[O-]. The number of hydrogen-bond acceptors (Lipinski definition) is 8. The Kier molecular flexibility index (Phi) is 5.78. The number of aliphatic hydroxyl groups is 1. The molecule has 0 aliphatic heterocycles. The summed E-state index contributed by atoms with van der Waals surface area (Å²) in [6, 6.07) is -0.850. The van der Waals surface area contributed by atoms with Crippen LogP contribution in [0.5, 0.6) is 0 Å². The van der Waals surface area contributed by atoms with Gasteiger partial charge in [0, 0.05) is 20.0 Å². The Hall–Kier alpha value is -1.94. The van der Waals surface area contributed by atoms with Crippen LogP contribution < -0.4 is 5.32 Å². The lowest BCUT2D eigenvalue weighted by atomic mass is 10.0. The van der Waals surface area contributed by atoms with Crippen LogP contribution in [-0.2, 0) is 19.0 Å². The molecule has 1 amide bonds. The number of hydrogen-bond donors (Lipinski definition) is 2. The van der Waals surface area contributed by atoms with E-state index in [-0.39, 0.29) is 0 Å². The van der Waals surface area contributed by atoms with Gasteiger partial charge in [-0.15, -0.1) is 0 Å². The molecule has 24 heavy (non-hydrogen) atoms. The third-order valence-electron chi connectivity index (χ3n) is 3.92. The second kappa shape index (κ2) is 6.89. The Labute approximate surface area is 139 Å². The number of rotatable bonds is 6. The first-order valence-corrected chi connectivity index (χ1v) is 7.34. The van der Waals surface area contributed by atoms with Crippen LogP contribution in [0.25, 0.3) is 0 Å². The molecule has 0 saturated heterocycles. The second-order valence-electron chi connectivity index (χ2n) is 6.76. The van der Waals surface area contributed by atoms with Gasteiger partial charge < -0.3 is 24.6 Å². The smallest absolute Gasteiger partial charge is 0.407 e. The molecule has 0 bridgehead atoms. The maximum atomic E-state index is 11.9. The average molecular weight is 348 g/mol. The van der Waals surface area contributed by atoms with Gasteiger partial charge in [0.25, 0.3) is 0 Å². The lowest BCUT2D eigenvalue weighted by Gasteiger charge is -2.25. The lowest BCUT2D eigenvalue weighted by molar-refractivity contribution is -0.636. The molecular weight excluding hydrogens is 324 g/mol. The minimum absolute atomic E-state index is 0.693. The number of nitrogens with zero attached hydrogens (tertiary/aromatic N) is 1. The van der Waals surface area contributed by atoms with E-state index in [2.05, 4.69) is 10.1 Å². The quantitative estimate of drug-likeness (QED) is 0.302. The summed E-state index contributed by atoms with van der Waals surface area (Å²) in [5.41, 5.74) is -2.88. The lowest BCUT2D eigenvalue weighted by Crippen LogP contribution is -2.50. The van der Waals surface area contributed by atoms with Crippen LogP contribution in [0.3, 0.4) is 0 Å². The molecule has 10 nitrogen and oxygen atoms in total. The third-order valence-corrected chi connectivity index (χ3v) is 3.92. The van der Waals surface area contributed by atoms with Gasteiger partial charge in [-0.3, -0.25) is 14.9 Å². The topological polar surface area (TPSA) is 137 Å². The highest BCUT2D eigenvalue weighted by molar-refractivity contribution is 5.80. The molecule has 0 spiro atoms. The van der Waals surface area contributed by atoms with E-state index in [1.165, 1.54) is 0 Å². The fourth-order valence-electron chi connectivity index (χ4n) is 2.46. The molecule has 138 valence electrons. The molecule has 0 heterocycles. The molecule has 0 radical (unpaired) electrons. The van der Waals surface area contributed by atoms with Crippen LogP contribution in [0.15, 0.2) is 0 Å². The Morgan fingerprint density at radius 2 is 1.79 bits per heavy atom. The number of alkyl carbamates (subject to hydrolysis) is 1. The predicted octanol–water partition coefficient (Wildman–Crippen LogP) is 0.299. The summed E-state index contributed by atoms with van der Waals surface area (Å²) in [4.78, 5) is 34.1. The van der Waals surface area contributed by atoms with E-state index < -0.39 is 52.3 Å². The molecule has 0 aromatic carbocycles. The van der Waals surface area contributed by atoms with E-state index in [1.807, 2.05) is 0 Å². The number of nitro groups is 1. The highest BCUT2D eigenvalue weighted by atomic mass is 16.7. The maximum absolute atomic E-state index is 11.9. The van der Waals surface area contributed by atoms with Crippen molar-refractivity contribution in [2.45, 2.75) is 51.2 Å². The summed E-state index contributed by atoms with van der Waals surface area (Å²) in [6.07, 6.45) is -2.43. The summed E-state index contributed by atoms with van der Waals surface area (Å²) >= 11 is 0. The molecule has 10 heteroatoms. The van der Waals surface area contributed by atoms with Gasteiger partial charge in [0.05, 0.1) is 24.0 Å². The van der Waals surface area contributed by atoms with Crippen LogP contribution >= 0.6 is 0 Å². The first-order valence-electron chi connectivity index (χ1n) is 7.34. The van der Waals surface area contributed by atoms with Gasteiger partial charge in [-0.1, -0.05) is 0 Å². The van der Waals surface area contributed by atoms with Crippen molar-refractivity contribution >= 4 is 12.1 Å². The molecule has 0 aromatic rings. The fraction of sp³-hybridized carbons (Fsp3) is 0.857. The van der Waals surface area contributed by atoms with Crippen LogP contribution in [0.4, 0.5) is 4.79 Å². The highest BCUT2D eigenvalue weighted by Crippen LogP contribution is 2.46. The van der Waals surface area contributed by atoms with E-state index in [0.29, 0.717) is 0 Å². The van der Waals surface area contributed by atoms with Gasteiger partial charge >= 0.3 is 17.8 Å². The zero-order valence-corrected chi connectivity index (χ0v) is 14.6. The van der Waals surface area contributed by atoms with Gasteiger partial charge in [0.2, 0.25) is 0 Å². The molecule has 1 aliphatic carbocycles. The average Bonchev–Trinajstić information content (AvgIpc) is 3.15. The number of methoxy groups -OCH3 is 2. The van der Waals surface area contributed by atoms with Crippen molar-refractivity contribution in [3.8, 4) is 0 Å². The zero-order chi connectivity index (χ0) is 18.9. The van der Waals surface area contributed by atoms with Crippen LogP contribution in [0, 0.1) is 22.0 Å². The Morgan fingerprint density at radius 3 is 2.17 bits per heavy atom. The number of aliphatic hydroxyl groups excluding tert-OH is 1. The number of nitrogens with one attached hydrogen (secondary N) is 1. The highest BCUT2D eigenvalue weighted by Gasteiger charge is 2.67. The van der Waals surface area contributed by atoms with Gasteiger partial charge in [-0.2, -0.15) is 0 Å². The Balaban J connectivity index is 2.93. The van der Waals surface area contributed by atoms with Crippen molar-refractivity contribution in [3.63, 3.8) is 0 Å². The molecule has 1 fully saturated rings. The van der Waals surface area contributed by atoms with E-state index in [9.17, 15) is 24.8 Å². The molecule has 1 rings (SSSR count). The van der Waals surface area contributed by atoms with E-state index >= 15 is 0 Å². The van der Waals surface area contributed by atoms with Crippen molar-refractivity contribution in [1.82, 2.24) is 5.32 Å². The summed E-state index contributed by atoms with van der Waals surface area (Å²) in [7, 11) is 2.23. The number of esters is 1. The van der Waals surface area contributed by atoms with Crippen LogP contribution in [0.2, 0.25) is 0 Å². The number of carbonyl (C=O) groups excluding carboxylic acids is 2. The van der Waals surface area contributed by atoms with Crippen molar-refractivity contribution in [2.24, 2.45) is 11.8 Å². The summed E-state index contributed by atoms with van der Waals surface area (Å²) < 4.78 is 14.5. The summed E-state index contributed by atoms with van der Waals surface area (Å²) in [6.45, 7) is 6.09. The monoisotopic (exact) mass is 348 g/mol. The molecule has 0 aromatic heterocycles. The second-order valence-corrected chi connectivity index (χ2v) is 6.76. The minimum atomic E-state index is -2.12. The molecule has 1 unspecified atom stereocenters. The maximum Gasteiger partial charge on any atom is 0.407 e. The molecule has 1 aliphatic rings. The van der Waals surface area contributed by atoms with Crippen molar-refractivity contribution in [3.05, 3.63) is 10.1 Å². The van der Waals surface area contributed by atoms with Crippen molar-refractivity contribution < 1.29 is 33.8 Å². The molecular formula is C14H24N2O8. The minimum Gasteiger partial charge on any atom is -0.469 e. The Bertz CT molecular complexity index is 517. The van der Waals surface area contributed by atoms with E-state index in [1.54, 1.807) is 20.8 Å². The standard InChI is InChI=1S/C14H24N2O8/c1-13(2,3)24-12(19)15-9-7(8(9)11(18)22-5)10(17)14(4,23-6)16(20)21/h7-10,17H,1-6H3,(H,15,19)/t7-,8-,9-,10+,14?/m1/s1. The molecule has 2 N–H and O–H groups in total. The largest absolute Gasteiger partial charge is 0.469 e. The normalized spacial score (nSPS) is 26.7. The summed E-state index contributed by atoms with van der Waals surface area (Å²) in [5, 5.41) is 24.0. The van der Waals surface area contributed by atoms with Gasteiger partial charge in [-0.05, 0) is 20.8 Å². The van der Waals surface area contributed by atoms with E-state index in [0.717, 1.165) is 21.1 Å². The Morgan fingerprint density at radius 1 is 1.25 bits per heavy atom. The zero-order valence-electron chi connectivity index (χ0n) is 14.6. The van der Waals surface area contributed by atoms with Crippen molar-refractivity contribution in [2.75, 3.05) is 14.2 Å². The number of carbonyl (C=O) groups is 2. The fourth-order valence-corrected chi connectivity index (χ4v) is 2.46. The van der Waals surface area contributed by atoms with E-state index in [4.69, 9.17) is 9.47 Å². The predicted molar refractivity (Wildman–Crippen MR) is 80.6 cm³/mol. The number of ether oxygens (including phenoxy) is 3. The van der Waals surface area contributed by atoms with Crippen LogP contribution in [0.1, 0.15) is 27.7 Å². The first-order chi connectivity index (χ1) is 10.9. The molecule has 5 atom stereocenters. The number of amides is 1.